The molecule has 0 saturated heterocycles. The molecule has 6 heteroatoms. The zero-order chi connectivity index (χ0) is 14.4. The van der Waals surface area contributed by atoms with Gasteiger partial charge in [-0.25, -0.2) is 9.67 Å². The van der Waals surface area contributed by atoms with Gasteiger partial charge in [0.15, 0.2) is 0 Å². The van der Waals surface area contributed by atoms with E-state index in [0.29, 0.717) is 5.92 Å². The first kappa shape index (κ1) is 15.6. The number of nitrogens with two attached hydrogens (primary N) is 1. The van der Waals surface area contributed by atoms with Gasteiger partial charge in [-0.15, -0.1) is 0 Å². The van der Waals surface area contributed by atoms with Gasteiger partial charge >= 0.3 is 0 Å². The number of amidine groups is 1. The molecular formula is C13H26N6. The molecule has 0 fully saturated rings. The van der Waals surface area contributed by atoms with Crippen molar-refractivity contribution in [2.24, 2.45) is 17.6 Å². The van der Waals surface area contributed by atoms with Gasteiger partial charge in [-0.2, -0.15) is 5.10 Å². The predicted octanol–water partition coefficient (Wildman–Crippen LogP) is 1.33. The van der Waals surface area contributed by atoms with Crippen molar-refractivity contribution in [3.63, 3.8) is 0 Å². The summed E-state index contributed by atoms with van der Waals surface area (Å²) in [5.41, 5.74) is 5.53. The molecule has 1 rings (SSSR count). The Balaban J connectivity index is 2.65. The van der Waals surface area contributed by atoms with Crippen LogP contribution in [-0.4, -0.2) is 38.6 Å². The second-order valence-electron chi connectivity index (χ2n) is 5.44. The summed E-state index contributed by atoms with van der Waals surface area (Å²) in [7, 11) is 0. The monoisotopic (exact) mass is 266 g/mol. The van der Waals surface area contributed by atoms with Gasteiger partial charge in [-0.1, -0.05) is 27.7 Å². The lowest BCUT2D eigenvalue weighted by atomic mass is 10.1. The van der Waals surface area contributed by atoms with Gasteiger partial charge in [0.05, 0.1) is 12.4 Å². The molecule has 1 aromatic heterocycles. The topological polar surface area (TPSA) is 83.8 Å². The second-order valence-corrected chi connectivity index (χ2v) is 5.44. The average Bonchev–Trinajstić information content (AvgIpc) is 2.74. The van der Waals surface area contributed by atoms with Crippen LogP contribution in [0, 0.1) is 17.2 Å². The normalized spacial score (nSPS) is 13.2. The highest BCUT2D eigenvalue weighted by atomic mass is 15.3. The lowest BCUT2D eigenvalue weighted by Gasteiger charge is -2.23. The summed E-state index contributed by atoms with van der Waals surface area (Å²) >= 11 is 0. The van der Waals surface area contributed by atoms with Gasteiger partial charge in [-0.3, -0.25) is 10.3 Å². The van der Waals surface area contributed by atoms with Crippen LogP contribution >= 0.6 is 0 Å². The zero-order valence-corrected chi connectivity index (χ0v) is 12.4. The van der Waals surface area contributed by atoms with E-state index in [0.717, 1.165) is 32.0 Å². The fourth-order valence-corrected chi connectivity index (χ4v) is 1.90. The van der Waals surface area contributed by atoms with Crippen LogP contribution in [0.5, 0.6) is 0 Å². The van der Waals surface area contributed by atoms with Gasteiger partial charge in [-0.05, 0) is 12.5 Å². The molecule has 0 aliphatic rings. The van der Waals surface area contributed by atoms with Crippen molar-refractivity contribution in [1.82, 2.24) is 19.7 Å². The maximum atomic E-state index is 7.47. The van der Waals surface area contributed by atoms with Crippen molar-refractivity contribution in [2.75, 3.05) is 13.1 Å². The number of hydrogen-bond donors (Lipinski definition) is 2. The molecule has 1 unspecified atom stereocenters. The minimum absolute atomic E-state index is 0.0708. The van der Waals surface area contributed by atoms with Crippen LogP contribution < -0.4 is 5.73 Å². The number of nitrogens with one attached hydrogen (secondary N) is 1. The van der Waals surface area contributed by atoms with Gasteiger partial charge in [0.2, 0.25) is 0 Å². The molecule has 0 aliphatic carbocycles. The largest absolute Gasteiger partial charge is 0.387 e. The highest BCUT2D eigenvalue weighted by molar-refractivity contribution is 5.79. The number of hydrogen-bond acceptors (Lipinski definition) is 4. The predicted molar refractivity (Wildman–Crippen MR) is 76.9 cm³/mol. The van der Waals surface area contributed by atoms with Crippen molar-refractivity contribution in [3.8, 4) is 0 Å². The summed E-state index contributed by atoms with van der Waals surface area (Å²) in [6.45, 7) is 11.7. The Labute approximate surface area is 115 Å². The molecule has 19 heavy (non-hydrogen) atoms. The zero-order valence-electron chi connectivity index (χ0n) is 12.4. The molecule has 1 aromatic rings. The molecule has 0 spiro atoms. The number of aromatic nitrogens is 3. The lowest BCUT2D eigenvalue weighted by molar-refractivity contribution is 0.249. The summed E-state index contributed by atoms with van der Waals surface area (Å²) in [4.78, 5) is 6.58. The van der Waals surface area contributed by atoms with Crippen LogP contribution in [0.15, 0.2) is 6.33 Å². The van der Waals surface area contributed by atoms with E-state index in [1.54, 1.807) is 6.33 Å². The molecule has 0 bridgehead atoms. The molecule has 6 nitrogen and oxygen atoms in total. The van der Waals surface area contributed by atoms with Gasteiger partial charge in [0, 0.05) is 19.0 Å². The van der Waals surface area contributed by atoms with Gasteiger partial charge in [0.25, 0.3) is 0 Å². The third-order valence-corrected chi connectivity index (χ3v) is 3.11. The first-order valence-electron chi connectivity index (χ1n) is 6.87. The molecule has 1 heterocycles. The quantitative estimate of drug-likeness (QED) is 0.549. The van der Waals surface area contributed by atoms with E-state index in [1.807, 2.05) is 11.6 Å². The Bertz CT molecular complexity index is 398. The van der Waals surface area contributed by atoms with Crippen molar-refractivity contribution >= 4 is 5.84 Å². The Morgan fingerprint density at radius 1 is 1.47 bits per heavy atom. The standard InChI is InChI=1S/C13H26N6/c1-5-18(7-11(4)13(14)15)8-12-16-9-17-19(12)6-10(2)3/h9-11H,5-8H2,1-4H3,(H3,14,15). The Hall–Kier alpha value is -1.43. The van der Waals surface area contributed by atoms with Crippen LogP contribution in [-0.2, 0) is 13.1 Å². The molecule has 1 atom stereocenters. The summed E-state index contributed by atoms with van der Waals surface area (Å²) in [6.07, 6.45) is 1.61. The Morgan fingerprint density at radius 2 is 2.16 bits per heavy atom. The summed E-state index contributed by atoms with van der Waals surface area (Å²) in [5, 5.41) is 11.7. The number of rotatable bonds is 8. The van der Waals surface area contributed by atoms with E-state index in [9.17, 15) is 0 Å². The first-order valence-corrected chi connectivity index (χ1v) is 6.87. The first-order chi connectivity index (χ1) is 8.93. The van der Waals surface area contributed by atoms with E-state index >= 15 is 0 Å². The van der Waals surface area contributed by atoms with E-state index in [1.165, 1.54) is 0 Å². The van der Waals surface area contributed by atoms with Crippen LogP contribution in [0.3, 0.4) is 0 Å². The Kier molecular flexibility index (Phi) is 5.95. The van der Waals surface area contributed by atoms with Crippen molar-refractivity contribution in [1.29, 1.82) is 5.41 Å². The van der Waals surface area contributed by atoms with E-state index in [2.05, 4.69) is 35.8 Å². The number of nitrogens with zero attached hydrogens (tertiary/aromatic N) is 4. The average molecular weight is 266 g/mol. The molecule has 0 aromatic carbocycles. The van der Waals surface area contributed by atoms with Crippen LogP contribution in [0.25, 0.3) is 0 Å². The van der Waals surface area contributed by atoms with Crippen LogP contribution in [0.4, 0.5) is 0 Å². The summed E-state index contributed by atoms with van der Waals surface area (Å²) in [5.74, 6) is 1.83. The maximum Gasteiger partial charge on any atom is 0.141 e. The maximum absolute atomic E-state index is 7.47. The molecule has 0 amide bonds. The Morgan fingerprint density at radius 3 is 2.68 bits per heavy atom. The third-order valence-electron chi connectivity index (χ3n) is 3.11. The molecule has 0 radical (unpaired) electrons. The third kappa shape index (κ3) is 4.98. The van der Waals surface area contributed by atoms with Crippen molar-refractivity contribution in [2.45, 2.75) is 40.8 Å². The SMILES string of the molecule is CCN(Cc1ncnn1CC(C)C)CC(C)C(=N)N. The highest BCUT2D eigenvalue weighted by Gasteiger charge is 2.14. The van der Waals surface area contributed by atoms with E-state index in [-0.39, 0.29) is 11.8 Å². The van der Waals surface area contributed by atoms with Gasteiger partial charge < -0.3 is 5.73 Å². The van der Waals surface area contributed by atoms with Gasteiger partial charge in [0.1, 0.15) is 12.2 Å². The minimum atomic E-state index is 0.0708. The van der Waals surface area contributed by atoms with Crippen molar-refractivity contribution in [3.05, 3.63) is 12.2 Å². The highest BCUT2D eigenvalue weighted by Crippen LogP contribution is 2.07. The summed E-state index contributed by atoms with van der Waals surface area (Å²) in [6, 6.07) is 0. The molecular weight excluding hydrogens is 240 g/mol. The fraction of sp³-hybridized carbons (Fsp3) is 0.769. The molecule has 0 aliphatic heterocycles. The minimum Gasteiger partial charge on any atom is -0.387 e. The van der Waals surface area contributed by atoms with E-state index in [4.69, 9.17) is 11.1 Å². The van der Waals surface area contributed by atoms with E-state index < -0.39 is 0 Å². The van der Waals surface area contributed by atoms with Crippen LogP contribution in [0.1, 0.15) is 33.5 Å². The fourth-order valence-electron chi connectivity index (χ4n) is 1.90. The molecule has 108 valence electrons. The van der Waals surface area contributed by atoms with Crippen LogP contribution in [0.2, 0.25) is 0 Å². The second kappa shape index (κ2) is 7.23. The smallest absolute Gasteiger partial charge is 0.141 e. The molecule has 3 N–H and O–H groups in total. The lowest BCUT2D eigenvalue weighted by Crippen LogP contribution is -2.35. The van der Waals surface area contributed by atoms with Crippen molar-refractivity contribution < 1.29 is 0 Å². The molecule has 0 saturated carbocycles. The summed E-state index contributed by atoms with van der Waals surface area (Å²) < 4.78 is 1.96.